The number of nitrogens with zero attached hydrogens (tertiary/aromatic N) is 3. The summed E-state index contributed by atoms with van der Waals surface area (Å²) < 4.78 is 1.71. The van der Waals surface area contributed by atoms with E-state index in [1.54, 1.807) is 29.2 Å². The predicted molar refractivity (Wildman–Crippen MR) is 68.2 cm³/mol. The molecular formula is C12H14N4O3. The first kappa shape index (κ1) is 12.1. The lowest BCUT2D eigenvalue weighted by atomic mass is 10.1. The number of hydrogen-bond acceptors (Lipinski definition) is 6. The number of aromatic nitrogens is 3. The summed E-state index contributed by atoms with van der Waals surface area (Å²) >= 11 is 0. The third-order valence-electron chi connectivity index (χ3n) is 3.46. The van der Waals surface area contributed by atoms with Crippen LogP contribution in [0.2, 0.25) is 0 Å². The fourth-order valence-electron chi connectivity index (χ4n) is 2.43. The summed E-state index contributed by atoms with van der Waals surface area (Å²) in [4.78, 5) is 8.11. The molecule has 7 heteroatoms. The number of nitrogen functional groups attached to an aromatic ring is 1. The first-order valence-corrected chi connectivity index (χ1v) is 5.88. The Morgan fingerprint density at radius 2 is 2.11 bits per heavy atom. The molecular weight excluding hydrogens is 248 g/mol. The van der Waals surface area contributed by atoms with Gasteiger partial charge in [-0.1, -0.05) is 6.08 Å². The van der Waals surface area contributed by atoms with Crippen molar-refractivity contribution in [2.75, 3.05) is 12.3 Å². The van der Waals surface area contributed by atoms with E-state index in [1.807, 2.05) is 0 Å². The molecule has 100 valence electrons. The van der Waals surface area contributed by atoms with Crippen LogP contribution in [0.25, 0.3) is 11.0 Å². The molecule has 2 aromatic rings. The van der Waals surface area contributed by atoms with E-state index < -0.39 is 18.2 Å². The number of rotatable bonds is 2. The second kappa shape index (κ2) is 4.30. The van der Waals surface area contributed by atoms with Crippen molar-refractivity contribution in [3.8, 4) is 0 Å². The highest BCUT2D eigenvalue weighted by molar-refractivity contribution is 5.84. The molecule has 2 aromatic heterocycles. The van der Waals surface area contributed by atoms with Crippen LogP contribution in [-0.2, 0) is 0 Å². The number of pyridine rings is 1. The summed E-state index contributed by atoms with van der Waals surface area (Å²) in [7, 11) is 0. The number of anilines is 1. The maximum Gasteiger partial charge on any atom is 0.151 e. The molecule has 0 bridgehead atoms. The summed E-state index contributed by atoms with van der Waals surface area (Å²) in [5.74, 6) is 0.315. The minimum absolute atomic E-state index is 0.287. The van der Waals surface area contributed by atoms with E-state index in [2.05, 4.69) is 9.97 Å². The molecule has 0 radical (unpaired) electrons. The summed E-state index contributed by atoms with van der Waals surface area (Å²) in [6, 6.07) is 1.26. The number of imidazole rings is 1. The average Bonchev–Trinajstić information content (AvgIpc) is 2.94. The summed E-state index contributed by atoms with van der Waals surface area (Å²) in [5, 5.41) is 29.0. The first-order valence-electron chi connectivity index (χ1n) is 5.88. The molecule has 7 nitrogen and oxygen atoms in total. The predicted octanol–water partition coefficient (Wildman–Crippen LogP) is -0.791. The Bertz CT molecular complexity index is 651. The van der Waals surface area contributed by atoms with Crippen molar-refractivity contribution in [2.24, 2.45) is 0 Å². The van der Waals surface area contributed by atoms with Gasteiger partial charge in [-0.25, -0.2) is 9.97 Å². The fraction of sp³-hybridized carbons (Fsp3) is 0.333. The van der Waals surface area contributed by atoms with E-state index >= 15 is 0 Å². The molecule has 0 aromatic carbocycles. The van der Waals surface area contributed by atoms with Gasteiger partial charge in [-0.3, -0.25) is 0 Å². The van der Waals surface area contributed by atoms with E-state index in [4.69, 9.17) is 10.8 Å². The smallest absolute Gasteiger partial charge is 0.151 e. The quantitative estimate of drug-likeness (QED) is 0.527. The highest BCUT2D eigenvalue weighted by atomic mass is 16.3. The van der Waals surface area contributed by atoms with E-state index in [1.165, 1.54) is 0 Å². The lowest BCUT2D eigenvalue weighted by Crippen LogP contribution is -2.29. The molecule has 5 N–H and O–H groups in total. The van der Waals surface area contributed by atoms with Crippen molar-refractivity contribution in [3.05, 3.63) is 30.2 Å². The molecule has 0 saturated heterocycles. The van der Waals surface area contributed by atoms with E-state index in [0.29, 0.717) is 16.9 Å². The normalized spacial score (nSPS) is 26.9. The maximum absolute atomic E-state index is 10.1. The van der Waals surface area contributed by atoms with Crippen LogP contribution in [0.15, 0.2) is 30.2 Å². The van der Waals surface area contributed by atoms with Crippen LogP contribution in [0.3, 0.4) is 0 Å². The van der Waals surface area contributed by atoms with Crippen LogP contribution >= 0.6 is 0 Å². The molecule has 3 atom stereocenters. The minimum Gasteiger partial charge on any atom is -0.392 e. The Hall–Kier alpha value is -1.96. The van der Waals surface area contributed by atoms with Crippen LogP contribution in [0.1, 0.15) is 6.04 Å². The topological polar surface area (TPSA) is 117 Å². The Morgan fingerprint density at radius 3 is 2.79 bits per heavy atom. The van der Waals surface area contributed by atoms with Crippen molar-refractivity contribution < 1.29 is 15.3 Å². The van der Waals surface area contributed by atoms with E-state index in [0.717, 1.165) is 5.52 Å². The van der Waals surface area contributed by atoms with Gasteiger partial charge in [0.25, 0.3) is 0 Å². The van der Waals surface area contributed by atoms with Gasteiger partial charge in [0.05, 0.1) is 24.5 Å². The number of hydrogen-bond donors (Lipinski definition) is 4. The molecule has 0 spiro atoms. The molecule has 2 heterocycles. The van der Waals surface area contributed by atoms with Crippen LogP contribution in [0.4, 0.5) is 5.82 Å². The number of aliphatic hydroxyl groups excluding tert-OH is 3. The van der Waals surface area contributed by atoms with Gasteiger partial charge in [0.1, 0.15) is 17.7 Å². The Balaban J connectivity index is 2.11. The molecule has 0 aliphatic heterocycles. The second-order valence-corrected chi connectivity index (χ2v) is 4.54. The van der Waals surface area contributed by atoms with Crippen LogP contribution < -0.4 is 5.73 Å². The van der Waals surface area contributed by atoms with Crippen molar-refractivity contribution in [3.63, 3.8) is 0 Å². The second-order valence-electron chi connectivity index (χ2n) is 4.54. The molecule has 0 fully saturated rings. The standard InChI is InChI=1S/C12H14N4O3/c13-12-9-7(1-2-14-12)16(5-15-9)8-3-6(4-17)10(18)11(8)19/h1-3,5,8,10-11,17-19H,4H2,(H2,13,14)/t8-,10?,11?/m1/s1. The van der Waals surface area contributed by atoms with Crippen LogP contribution in [0.5, 0.6) is 0 Å². The zero-order valence-electron chi connectivity index (χ0n) is 10.0. The van der Waals surface area contributed by atoms with Gasteiger partial charge in [-0.2, -0.15) is 0 Å². The fourth-order valence-corrected chi connectivity index (χ4v) is 2.43. The lowest BCUT2D eigenvalue weighted by molar-refractivity contribution is 0.0288. The van der Waals surface area contributed by atoms with E-state index in [-0.39, 0.29) is 6.61 Å². The molecule has 1 aliphatic carbocycles. The van der Waals surface area contributed by atoms with Crippen LogP contribution in [0, 0.1) is 0 Å². The third-order valence-corrected chi connectivity index (χ3v) is 3.46. The molecule has 0 amide bonds. The van der Waals surface area contributed by atoms with Gasteiger partial charge in [0.2, 0.25) is 0 Å². The minimum atomic E-state index is -1.06. The molecule has 1 aliphatic rings. The largest absolute Gasteiger partial charge is 0.392 e. The Labute approximate surface area is 108 Å². The van der Waals surface area contributed by atoms with Gasteiger partial charge >= 0.3 is 0 Å². The van der Waals surface area contributed by atoms with Gasteiger partial charge in [-0.05, 0) is 11.6 Å². The average molecular weight is 262 g/mol. The van der Waals surface area contributed by atoms with Crippen molar-refractivity contribution in [1.82, 2.24) is 14.5 Å². The van der Waals surface area contributed by atoms with Gasteiger partial charge < -0.3 is 25.6 Å². The lowest BCUT2D eigenvalue weighted by Gasteiger charge is -2.19. The third kappa shape index (κ3) is 1.71. The Kier molecular flexibility index (Phi) is 2.74. The Morgan fingerprint density at radius 1 is 1.32 bits per heavy atom. The zero-order valence-corrected chi connectivity index (χ0v) is 10.0. The molecule has 0 saturated carbocycles. The van der Waals surface area contributed by atoms with Crippen molar-refractivity contribution in [1.29, 1.82) is 0 Å². The van der Waals surface area contributed by atoms with Gasteiger partial charge in [-0.15, -0.1) is 0 Å². The van der Waals surface area contributed by atoms with Crippen molar-refractivity contribution >= 4 is 16.9 Å². The molecule has 19 heavy (non-hydrogen) atoms. The summed E-state index contributed by atoms with van der Waals surface area (Å²) in [6.45, 7) is -0.287. The van der Waals surface area contributed by atoms with Crippen LogP contribution in [-0.4, -0.2) is 48.7 Å². The summed E-state index contributed by atoms with van der Waals surface area (Å²) in [6.07, 6.45) is 2.66. The first-order chi connectivity index (χ1) is 9.13. The van der Waals surface area contributed by atoms with Gasteiger partial charge in [0.15, 0.2) is 5.82 Å². The monoisotopic (exact) mass is 262 g/mol. The number of nitrogens with two attached hydrogens (primary N) is 1. The molecule has 2 unspecified atom stereocenters. The van der Waals surface area contributed by atoms with E-state index in [9.17, 15) is 10.2 Å². The highest BCUT2D eigenvalue weighted by Gasteiger charge is 2.35. The summed E-state index contributed by atoms with van der Waals surface area (Å²) in [5.41, 5.74) is 7.41. The van der Waals surface area contributed by atoms with Crippen molar-refractivity contribution in [2.45, 2.75) is 18.2 Å². The maximum atomic E-state index is 10.1. The number of fused-ring (bicyclic) bond motifs is 1. The van der Waals surface area contributed by atoms with Gasteiger partial charge in [0, 0.05) is 6.20 Å². The molecule has 3 rings (SSSR count). The SMILES string of the molecule is Nc1nccc2c1ncn2[C@@H]1C=C(CO)C(O)C1O. The highest BCUT2D eigenvalue weighted by Crippen LogP contribution is 2.32. The number of aliphatic hydroxyl groups is 3. The zero-order chi connectivity index (χ0) is 13.6.